The molecule has 0 N–H and O–H groups in total. The van der Waals surface area contributed by atoms with Crippen LogP contribution in [0.2, 0.25) is 10.0 Å². The van der Waals surface area contributed by atoms with Gasteiger partial charge >= 0.3 is 0 Å². The highest BCUT2D eigenvalue weighted by Crippen LogP contribution is 2.30. The highest BCUT2D eigenvalue weighted by Gasteiger charge is 2.22. The summed E-state index contributed by atoms with van der Waals surface area (Å²) in [5, 5.41) is 1.69. The molecule has 1 aliphatic rings. The van der Waals surface area contributed by atoms with E-state index in [1.54, 1.807) is 12.3 Å². The molecule has 1 heterocycles. The summed E-state index contributed by atoms with van der Waals surface area (Å²) < 4.78 is 0. The molecule has 0 bridgehead atoms. The largest absolute Gasteiger partial charge is 0.298 e. The molecule has 2 nitrogen and oxygen atoms in total. The molecule has 1 atom stereocenters. The van der Waals surface area contributed by atoms with Crippen LogP contribution in [-0.4, -0.2) is 16.5 Å². The van der Waals surface area contributed by atoms with Crippen molar-refractivity contribution in [1.82, 2.24) is 4.98 Å². The predicted octanol–water partition coefficient (Wildman–Crippen LogP) is 5.94. The van der Waals surface area contributed by atoms with Crippen LogP contribution in [0, 0.1) is 12.8 Å². The first-order valence-electron chi connectivity index (χ1n) is 8.58. The van der Waals surface area contributed by atoms with Crippen LogP contribution in [-0.2, 0) is 17.6 Å². The van der Waals surface area contributed by atoms with Crippen molar-refractivity contribution in [3.8, 4) is 0 Å². The number of aromatic nitrogens is 1. The van der Waals surface area contributed by atoms with E-state index in [0.717, 1.165) is 32.1 Å². The second kappa shape index (κ2) is 8.57. The summed E-state index contributed by atoms with van der Waals surface area (Å²) in [6, 6.07) is 8.20. The monoisotopic (exact) mass is 393 g/mol. The molecule has 0 fully saturated rings. The van der Waals surface area contributed by atoms with Crippen LogP contribution >= 0.6 is 35.0 Å². The molecular weight excluding hydrogens is 373 g/mol. The number of fused-ring (bicyclic) bond motifs is 1. The van der Waals surface area contributed by atoms with Crippen molar-refractivity contribution in [3.63, 3.8) is 0 Å². The van der Waals surface area contributed by atoms with Crippen molar-refractivity contribution >= 4 is 40.7 Å². The van der Waals surface area contributed by atoms with E-state index in [4.69, 9.17) is 23.2 Å². The maximum Gasteiger partial charge on any atom is 0.146 e. The third kappa shape index (κ3) is 4.78. The predicted molar refractivity (Wildman–Crippen MR) is 106 cm³/mol. The zero-order valence-electron chi connectivity index (χ0n) is 14.2. The van der Waals surface area contributed by atoms with Gasteiger partial charge in [-0.3, -0.25) is 4.79 Å². The average molecular weight is 394 g/mol. The lowest BCUT2D eigenvalue weighted by Crippen LogP contribution is -2.20. The summed E-state index contributed by atoms with van der Waals surface area (Å²) in [7, 11) is 0. The number of pyridine rings is 1. The molecule has 1 unspecified atom stereocenters. The van der Waals surface area contributed by atoms with Gasteiger partial charge in [-0.1, -0.05) is 53.2 Å². The minimum atomic E-state index is 0.131. The number of nitrogens with zero attached hydrogens (tertiary/aromatic N) is 1. The molecule has 0 spiro atoms. The molecule has 0 radical (unpaired) electrons. The normalized spacial score (nSPS) is 17.5. The number of carbonyl (C=O) groups is 1. The number of aryl methyl sites for hydroxylation is 2. The zero-order chi connectivity index (χ0) is 17.8. The van der Waals surface area contributed by atoms with E-state index < -0.39 is 0 Å². The number of benzene rings is 1. The van der Waals surface area contributed by atoms with Crippen LogP contribution in [0.1, 0.15) is 36.0 Å². The molecule has 0 saturated heterocycles. The molecule has 5 heteroatoms. The fourth-order valence-electron chi connectivity index (χ4n) is 3.44. The van der Waals surface area contributed by atoms with Crippen LogP contribution in [0.5, 0.6) is 0 Å². The molecule has 132 valence electrons. The summed E-state index contributed by atoms with van der Waals surface area (Å²) in [4.78, 5) is 16.9. The second-order valence-electron chi connectivity index (χ2n) is 6.54. The first-order valence-corrected chi connectivity index (χ1v) is 10.3. The van der Waals surface area contributed by atoms with E-state index in [1.807, 2.05) is 0 Å². The van der Waals surface area contributed by atoms with Crippen molar-refractivity contribution < 1.29 is 4.79 Å². The van der Waals surface area contributed by atoms with Gasteiger partial charge in [0.1, 0.15) is 10.8 Å². The number of rotatable bonds is 4. The van der Waals surface area contributed by atoms with Gasteiger partial charge in [-0.2, -0.15) is 0 Å². The fourth-order valence-corrected chi connectivity index (χ4v) is 4.83. The van der Waals surface area contributed by atoms with Gasteiger partial charge in [0.05, 0.1) is 15.8 Å². The minimum absolute atomic E-state index is 0.131. The molecule has 1 aromatic heterocycles. The number of hydrogen-bond acceptors (Lipinski definition) is 3. The summed E-state index contributed by atoms with van der Waals surface area (Å²) in [6.07, 6.45) is 6.59. The number of thioether (sulfide) groups is 1. The first-order chi connectivity index (χ1) is 12.0. The maximum absolute atomic E-state index is 12.7. The van der Waals surface area contributed by atoms with E-state index >= 15 is 0 Å². The third-order valence-electron chi connectivity index (χ3n) is 4.83. The number of ketones is 1. The van der Waals surface area contributed by atoms with Gasteiger partial charge in [0.25, 0.3) is 0 Å². The van der Waals surface area contributed by atoms with Crippen LogP contribution in [0.3, 0.4) is 0 Å². The molecule has 2 aromatic rings. The van der Waals surface area contributed by atoms with E-state index in [0.29, 0.717) is 26.6 Å². The lowest BCUT2D eigenvalue weighted by atomic mass is 9.84. The molecule has 0 saturated carbocycles. The Hall–Kier alpha value is -1.03. The van der Waals surface area contributed by atoms with Gasteiger partial charge in [0.15, 0.2) is 0 Å². The van der Waals surface area contributed by atoms with Gasteiger partial charge in [0.2, 0.25) is 0 Å². The molecule has 3 rings (SSSR count). The van der Waals surface area contributed by atoms with E-state index in [-0.39, 0.29) is 5.92 Å². The quantitative estimate of drug-likeness (QED) is 0.601. The number of Topliss-reactive ketones (excluding diaryl/α,β-unsaturated/α-hetero) is 1. The molecule has 1 aliphatic carbocycles. The zero-order valence-corrected chi connectivity index (χ0v) is 16.6. The first kappa shape index (κ1) is 18.8. The van der Waals surface area contributed by atoms with E-state index in [1.165, 1.54) is 28.5 Å². The van der Waals surface area contributed by atoms with Crippen LogP contribution in [0.4, 0.5) is 0 Å². The van der Waals surface area contributed by atoms with Crippen molar-refractivity contribution in [3.05, 3.63) is 57.2 Å². The number of halogens is 2. The summed E-state index contributed by atoms with van der Waals surface area (Å²) in [6.45, 7) is 2.17. The Kier molecular flexibility index (Phi) is 6.43. The molecule has 25 heavy (non-hydrogen) atoms. The smallest absolute Gasteiger partial charge is 0.146 e. The molecular formula is C20H21Cl2NOS. The molecule has 0 amide bonds. The second-order valence-corrected chi connectivity index (χ2v) is 8.34. The Labute approximate surface area is 163 Å². The van der Waals surface area contributed by atoms with Gasteiger partial charge in [-0.25, -0.2) is 4.98 Å². The SMILES string of the molecule is Cc1cccc2c1CCC(C(=O)CSc1ncc(Cl)cc1Cl)CCC2. The molecule has 0 aliphatic heterocycles. The fraction of sp³-hybridized carbons (Fsp3) is 0.400. The topological polar surface area (TPSA) is 30.0 Å². The average Bonchev–Trinajstić information content (AvgIpc) is 2.55. The Morgan fingerprint density at radius 3 is 2.92 bits per heavy atom. The van der Waals surface area contributed by atoms with Crippen LogP contribution in [0.15, 0.2) is 35.5 Å². The van der Waals surface area contributed by atoms with Gasteiger partial charge in [0, 0.05) is 12.1 Å². The van der Waals surface area contributed by atoms with Crippen LogP contribution in [0.25, 0.3) is 0 Å². The summed E-state index contributed by atoms with van der Waals surface area (Å²) in [5.74, 6) is 0.848. The maximum atomic E-state index is 12.7. The Balaban J connectivity index is 1.62. The number of hydrogen-bond donors (Lipinski definition) is 0. The standard InChI is InChI=1S/C20H21Cl2NOS/c1-13-4-2-5-14-6-3-7-15(8-9-17(13)14)19(24)12-25-20-18(22)10-16(21)11-23-20/h2,4-5,10-11,15H,3,6-9,12H2,1H3. The van der Waals surface area contributed by atoms with Crippen molar-refractivity contribution in [1.29, 1.82) is 0 Å². The third-order valence-corrected chi connectivity index (χ3v) is 6.46. The van der Waals surface area contributed by atoms with Gasteiger partial charge < -0.3 is 0 Å². The van der Waals surface area contributed by atoms with Crippen molar-refractivity contribution in [2.45, 2.75) is 44.1 Å². The minimum Gasteiger partial charge on any atom is -0.298 e. The van der Waals surface area contributed by atoms with Gasteiger partial charge in [-0.05, 0) is 61.8 Å². The lowest BCUT2D eigenvalue weighted by Gasteiger charge is -2.21. The van der Waals surface area contributed by atoms with Crippen molar-refractivity contribution in [2.24, 2.45) is 5.92 Å². The highest BCUT2D eigenvalue weighted by molar-refractivity contribution is 8.00. The summed E-state index contributed by atoms with van der Waals surface area (Å²) in [5.41, 5.74) is 4.24. The lowest BCUT2D eigenvalue weighted by molar-refractivity contribution is -0.120. The number of carbonyl (C=O) groups excluding carboxylic acids is 1. The highest BCUT2D eigenvalue weighted by atomic mass is 35.5. The van der Waals surface area contributed by atoms with Gasteiger partial charge in [-0.15, -0.1) is 0 Å². The van der Waals surface area contributed by atoms with E-state index in [9.17, 15) is 4.79 Å². The van der Waals surface area contributed by atoms with Crippen LogP contribution < -0.4 is 0 Å². The van der Waals surface area contributed by atoms with Crippen molar-refractivity contribution in [2.75, 3.05) is 5.75 Å². The Morgan fingerprint density at radius 2 is 2.12 bits per heavy atom. The Morgan fingerprint density at radius 1 is 1.28 bits per heavy atom. The molecule has 1 aromatic carbocycles. The Bertz CT molecular complexity index is 778. The summed E-state index contributed by atoms with van der Waals surface area (Å²) >= 11 is 13.4. The van der Waals surface area contributed by atoms with E-state index in [2.05, 4.69) is 30.1 Å².